The van der Waals surface area contributed by atoms with Gasteiger partial charge in [0.15, 0.2) is 0 Å². The lowest BCUT2D eigenvalue weighted by Crippen LogP contribution is -2.43. The van der Waals surface area contributed by atoms with Gasteiger partial charge in [0.25, 0.3) is 5.69 Å². The lowest BCUT2D eigenvalue weighted by Gasteiger charge is -2.29. The molecule has 2 atom stereocenters. The van der Waals surface area contributed by atoms with Crippen LogP contribution in [-0.2, 0) is 0 Å². The monoisotopic (exact) mass is 291 g/mol. The second-order valence-corrected chi connectivity index (χ2v) is 5.72. The number of benzene rings is 1. The fourth-order valence-corrected chi connectivity index (χ4v) is 2.72. The van der Waals surface area contributed by atoms with Crippen LogP contribution in [0.1, 0.15) is 38.2 Å². The molecule has 1 aliphatic carbocycles. The number of anilines is 1. The molecule has 0 aliphatic heterocycles. The molecule has 0 saturated heterocycles. The fraction of sp³-hybridized carbons (Fsp3) is 0.533. The number of aryl methyl sites for hydroxylation is 1. The van der Waals surface area contributed by atoms with Gasteiger partial charge in [-0.1, -0.05) is 25.8 Å². The summed E-state index contributed by atoms with van der Waals surface area (Å²) in [6.45, 7) is 3.95. The maximum Gasteiger partial charge on any atom is 0.319 e. The number of hydrogen-bond acceptors (Lipinski definition) is 3. The normalized spacial score (nSPS) is 21.6. The molecule has 1 aromatic carbocycles. The number of carbonyl (C=O) groups is 1. The van der Waals surface area contributed by atoms with Crippen molar-refractivity contribution in [2.75, 3.05) is 5.32 Å². The van der Waals surface area contributed by atoms with Crippen molar-refractivity contribution in [3.8, 4) is 0 Å². The molecule has 6 nitrogen and oxygen atoms in total. The molecule has 2 rings (SSSR count). The zero-order chi connectivity index (χ0) is 15.4. The Kier molecular flexibility index (Phi) is 4.77. The van der Waals surface area contributed by atoms with Gasteiger partial charge in [-0.15, -0.1) is 0 Å². The molecule has 1 saturated carbocycles. The summed E-state index contributed by atoms with van der Waals surface area (Å²) in [6.07, 6.45) is 4.46. The number of non-ortho nitro benzene ring substituents is 1. The lowest BCUT2D eigenvalue weighted by atomic mass is 9.86. The highest BCUT2D eigenvalue weighted by Crippen LogP contribution is 2.25. The van der Waals surface area contributed by atoms with Crippen LogP contribution in [-0.4, -0.2) is 17.0 Å². The molecule has 0 bridgehead atoms. The van der Waals surface area contributed by atoms with Gasteiger partial charge in [-0.3, -0.25) is 10.1 Å². The summed E-state index contributed by atoms with van der Waals surface area (Å²) in [6, 6.07) is 4.34. The van der Waals surface area contributed by atoms with Crippen molar-refractivity contribution in [1.29, 1.82) is 0 Å². The molecule has 0 heterocycles. The Morgan fingerprint density at radius 3 is 2.71 bits per heavy atom. The zero-order valence-electron chi connectivity index (χ0n) is 12.4. The number of rotatable bonds is 3. The predicted molar refractivity (Wildman–Crippen MR) is 81.4 cm³/mol. The van der Waals surface area contributed by atoms with Gasteiger partial charge in [0.05, 0.1) is 10.6 Å². The summed E-state index contributed by atoms with van der Waals surface area (Å²) in [5.41, 5.74) is 1.25. The van der Waals surface area contributed by atoms with Crippen molar-refractivity contribution in [3.05, 3.63) is 33.9 Å². The van der Waals surface area contributed by atoms with Gasteiger partial charge in [0, 0.05) is 18.2 Å². The third kappa shape index (κ3) is 3.93. The van der Waals surface area contributed by atoms with Crippen molar-refractivity contribution < 1.29 is 9.72 Å². The maximum absolute atomic E-state index is 12.1. The van der Waals surface area contributed by atoms with Crippen LogP contribution in [0.5, 0.6) is 0 Å². The number of nitro benzene ring substituents is 1. The Bertz CT molecular complexity index is 545. The topological polar surface area (TPSA) is 84.3 Å². The van der Waals surface area contributed by atoms with E-state index in [0.717, 1.165) is 24.8 Å². The van der Waals surface area contributed by atoms with Crippen LogP contribution >= 0.6 is 0 Å². The predicted octanol–water partition coefficient (Wildman–Crippen LogP) is 3.60. The third-order valence-corrected chi connectivity index (χ3v) is 4.11. The van der Waals surface area contributed by atoms with Crippen molar-refractivity contribution >= 4 is 17.4 Å². The Labute approximate surface area is 124 Å². The Morgan fingerprint density at radius 2 is 2.05 bits per heavy atom. The highest BCUT2D eigenvalue weighted by Gasteiger charge is 2.23. The Balaban J connectivity index is 2.02. The molecule has 21 heavy (non-hydrogen) atoms. The van der Waals surface area contributed by atoms with Gasteiger partial charge >= 0.3 is 6.03 Å². The summed E-state index contributed by atoms with van der Waals surface area (Å²) < 4.78 is 0. The summed E-state index contributed by atoms with van der Waals surface area (Å²) in [7, 11) is 0. The maximum atomic E-state index is 12.1. The number of urea groups is 1. The number of nitro groups is 1. The van der Waals surface area contributed by atoms with E-state index in [9.17, 15) is 14.9 Å². The molecule has 0 radical (unpaired) electrons. The minimum Gasteiger partial charge on any atom is -0.335 e. The van der Waals surface area contributed by atoms with E-state index >= 15 is 0 Å². The first-order chi connectivity index (χ1) is 9.97. The van der Waals surface area contributed by atoms with Crippen molar-refractivity contribution in [1.82, 2.24) is 5.32 Å². The summed E-state index contributed by atoms with van der Waals surface area (Å²) in [5, 5.41) is 16.5. The van der Waals surface area contributed by atoms with Crippen LogP contribution in [0.3, 0.4) is 0 Å². The van der Waals surface area contributed by atoms with Crippen molar-refractivity contribution in [3.63, 3.8) is 0 Å². The largest absolute Gasteiger partial charge is 0.335 e. The van der Waals surface area contributed by atoms with Crippen molar-refractivity contribution in [2.45, 2.75) is 45.6 Å². The molecule has 6 heteroatoms. The Morgan fingerprint density at radius 1 is 1.33 bits per heavy atom. The van der Waals surface area contributed by atoms with Crippen molar-refractivity contribution in [2.24, 2.45) is 5.92 Å². The minimum atomic E-state index is -0.467. The quantitative estimate of drug-likeness (QED) is 0.659. The van der Waals surface area contributed by atoms with E-state index < -0.39 is 4.92 Å². The summed E-state index contributed by atoms with van der Waals surface area (Å²) in [5.74, 6) is 0.468. The molecular formula is C15H21N3O3. The first kappa shape index (κ1) is 15.3. The van der Waals surface area contributed by atoms with E-state index in [0.29, 0.717) is 11.6 Å². The second kappa shape index (κ2) is 6.56. The number of carbonyl (C=O) groups excluding carboxylic acids is 1. The average Bonchev–Trinajstić information content (AvgIpc) is 2.43. The van der Waals surface area contributed by atoms with E-state index in [1.807, 2.05) is 6.92 Å². The second-order valence-electron chi connectivity index (χ2n) is 5.72. The molecule has 0 aromatic heterocycles. The van der Waals surface area contributed by atoms with Gasteiger partial charge < -0.3 is 10.6 Å². The molecule has 1 fully saturated rings. The SMILES string of the molecule is Cc1ccc([N+](=O)[O-])cc1NC(=O)NC1CCCCC1C. The van der Waals surface area contributed by atoms with E-state index in [2.05, 4.69) is 17.6 Å². The summed E-state index contributed by atoms with van der Waals surface area (Å²) in [4.78, 5) is 22.4. The zero-order valence-corrected chi connectivity index (χ0v) is 12.4. The van der Waals surface area contributed by atoms with E-state index in [1.54, 1.807) is 6.07 Å². The van der Waals surface area contributed by atoms with Gasteiger partial charge in [-0.05, 0) is 31.2 Å². The lowest BCUT2D eigenvalue weighted by molar-refractivity contribution is -0.384. The molecule has 114 valence electrons. The molecule has 2 unspecified atom stereocenters. The molecule has 2 N–H and O–H groups in total. The number of amides is 2. The van der Waals surface area contributed by atoms with Gasteiger partial charge in [0.2, 0.25) is 0 Å². The minimum absolute atomic E-state index is 0.0260. The van der Waals surface area contributed by atoms with Gasteiger partial charge in [0.1, 0.15) is 0 Å². The molecule has 0 spiro atoms. The fourth-order valence-electron chi connectivity index (χ4n) is 2.72. The highest BCUT2D eigenvalue weighted by molar-refractivity contribution is 5.90. The molecular weight excluding hydrogens is 270 g/mol. The summed E-state index contributed by atoms with van der Waals surface area (Å²) >= 11 is 0. The van der Waals surface area contributed by atoms with E-state index in [-0.39, 0.29) is 17.8 Å². The first-order valence-electron chi connectivity index (χ1n) is 7.30. The van der Waals surface area contributed by atoms with E-state index in [1.165, 1.54) is 18.6 Å². The average molecular weight is 291 g/mol. The third-order valence-electron chi connectivity index (χ3n) is 4.11. The van der Waals surface area contributed by atoms with Gasteiger partial charge in [-0.2, -0.15) is 0 Å². The van der Waals surface area contributed by atoms with E-state index in [4.69, 9.17) is 0 Å². The smallest absolute Gasteiger partial charge is 0.319 e. The van der Waals surface area contributed by atoms with Crippen LogP contribution in [0.4, 0.5) is 16.2 Å². The molecule has 2 amide bonds. The number of hydrogen-bond donors (Lipinski definition) is 2. The first-order valence-corrected chi connectivity index (χ1v) is 7.30. The number of nitrogens with zero attached hydrogens (tertiary/aromatic N) is 1. The Hall–Kier alpha value is -2.11. The number of nitrogens with one attached hydrogen (secondary N) is 2. The van der Waals surface area contributed by atoms with Crippen LogP contribution in [0, 0.1) is 23.0 Å². The van der Waals surface area contributed by atoms with Crippen LogP contribution in [0.2, 0.25) is 0 Å². The molecule has 1 aliphatic rings. The van der Waals surface area contributed by atoms with Gasteiger partial charge in [-0.25, -0.2) is 4.79 Å². The van der Waals surface area contributed by atoms with Crippen LogP contribution in [0.15, 0.2) is 18.2 Å². The standard InChI is InChI=1S/C15H21N3O3/c1-10-5-3-4-6-13(10)16-15(19)17-14-9-12(18(20)21)8-7-11(14)2/h7-10,13H,3-6H2,1-2H3,(H2,16,17,19). The highest BCUT2D eigenvalue weighted by atomic mass is 16.6. The van der Waals surface area contributed by atoms with Crippen LogP contribution < -0.4 is 10.6 Å². The van der Waals surface area contributed by atoms with Crippen LogP contribution in [0.25, 0.3) is 0 Å². The molecule has 1 aromatic rings.